The zero-order chi connectivity index (χ0) is 15.2. The minimum atomic E-state index is -0.469. The number of rotatable bonds is 6. The molecule has 0 radical (unpaired) electrons. The van der Waals surface area contributed by atoms with Gasteiger partial charge in [0.25, 0.3) is 0 Å². The monoisotopic (exact) mass is 322 g/mol. The van der Waals surface area contributed by atoms with Crippen molar-refractivity contribution in [2.45, 2.75) is 25.3 Å². The van der Waals surface area contributed by atoms with Crippen molar-refractivity contribution in [3.05, 3.63) is 64.7 Å². The maximum atomic E-state index is 11.1. The molecule has 2 nitrogen and oxygen atoms in total. The van der Waals surface area contributed by atoms with Crippen molar-refractivity contribution < 1.29 is 9.53 Å². The molecule has 0 spiro atoms. The summed E-state index contributed by atoms with van der Waals surface area (Å²) in [7, 11) is 0. The SMILES string of the molecule is CC(=O)C(Cl)Cc1ccc(OCc2cccc(Cl)c2)cc1. The van der Waals surface area contributed by atoms with Crippen molar-refractivity contribution in [1.82, 2.24) is 0 Å². The highest BCUT2D eigenvalue weighted by Crippen LogP contribution is 2.18. The molecule has 0 aliphatic carbocycles. The summed E-state index contributed by atoms with van der Waals surface area (Å²) in [6.45, 7) is 1.96. The summed E-state index contributed by atoms with van der Waals surface area (Å²) in [5.41, 5.74) is 2.03. The van der Waals surface area contributed by atoms with Gasteiger partial charge in [0.05, 0.1) is 5.38 Å². The van der Waals surface area contributed by atoms with E-state index in [2.05, 4.69) is 0 Å². The van der Waals surface area contributed by atoms with Crippen molar-refractivity contribution in [3.63, 3.8) is 0 Å². The molecule has 2 rings (SSSR count). The van der Waals surface area contributed by atoms with Crippen LogP contribution in [0.5, 0.6) is 5.75 Å². The van der Waals surface area contributed by atoms with E-state index in [9.17, 15) is 4.79 Å². The lowest BCUT2D eigenvalue weighted by Crippen LogP contribution is -2.13. The topological polar surface area (TPSA) is 26.3 Å². The van der Waals surface area contributed by atoms with Crippen LogP contribution in [-0.4, -0.2) is 11.2 Å². The number of hydrogen-bond donors (Lipinski definition) is 0. The Hall–Kier alpha value is -1.51. The zero-order valence-corrected chi connectivity index (χ0v) is 13.2. The smallest absolute Gasteiger partial charge is 0.147 e. The van der Waals surface area contributed by atoms with Gasteiger partial charge in [-0.2, -0.15) is 0 Å². The third-order valence-electron chi connectivity index (χ3n) is 3.07. The van der Waals surface area contributed by atoms with E-state index < -0.39 is 5.38 Å². The lowest BCUT2D eigenvalue weighted by atomic mass is 10.1. The van der Waals surface area contributed by atoms with E-state index in [1.54, 1.807) is 0 Å². The first-order chi connectivity index (χ1) is 10.0. The Morgan fingerprint density at radius 1 is 1.14 bits per heavy atom. The van der Waals surface area contributed by atoms with E-state index in [0.29, 0.717) is 18.1 Å². The van der Waals surface area contributed by atoms with Crippen LogP contribution >= 0.6 is 23.2 Å². The highest BCUT2D eigenvalue weighted by atomic mass is 35.5. The van der Waals surface area contributed by atoms with Gasteiger partial charge in [0.1, 0.15) is 18.1 Å². The van der Waals surface area contributed by atoms with Gasteiger partial charge in [0.2, 0.25) is 0 Å². The number of alkyl halides is 1. The van der Waals surface area contributed by atoms with Crippen molar-refractivity contribution in [2.24, 2.45) is 0 Å². The molecule has 0 amide bonds. The molecule has 2 aromatic carbocycles. The fourth-order valence-corrected chi connectivity index (χ4v) is 2.26. The molecule has 0 aliphatic heterocycles. The molecule has 0 fully saturated rings. The van der Waals surface area contributed by atoms with Crippen LogP contribution in [0.1, 0.15) is 18.1 Å². The standard InChI is InChI=1S/C17H16Cl2O2/c1-12(20)17(19)10-13-5-7-16(8-6-13)21-11-14-3-2-4-15(18)9-14/h2-9,17H,10-11H2,1H3. The normalized spacial score (nSPS) is 12.0. The Bertz CT molecular complexity index is 608. The van der Waals surface area contributed by atoms with Gasteiger partial charge in [-0.15, -0.1) is 11.6 Å². The lowest BCUT2D eigenvalue weighted by Gasteiger charge is -2.09. The Morgan fingerprint density at radius 3 is 2.48 bits per heavy atom. The molecule has 21 heavy (non-hydrogen) atoms. The Balaban J connectivity index is 1.92. The molecular weight excluding hydrogens is 307 g/mol. The van der Waals surface area contributed by atoms with Gasteiger partial charge >= 0.3 is 0 Å². The molecular formula is C17H16Cl2O2. The predicted molar refractivity (Wildman–Crippen MR) is 86.3 cm³/mol. The number of Topliss-reactive ketones (excluding diaryl/α,β-unsaturated/α-hetero) is 1. The number of benzene rings is 2. The van der Waals surface area contributed by atoms with Gasteiger partial charge in [-0.1, -0.05) is 35.9 Å². The van der Waals surface area contributed by atoms with Crippen LogP contribution in [0.4, 0.5) is 0 Å². The summed E-state index contributed by atoms with van der Waals surface area (Å²) in [6.07, 6.45) is 0.533. The molecule has 0 bridgehead atoms. The summed E-state index contributed by atoms with van der Waals surface area (Å²) >= 11 is 11.9. The van der Waals surface area contributed by atoms with Crippen LogP contribution in [0, 0.1) is 0 Å². The minimum Gasteiger partial charge on any atom is -0.489 e. The highest BCUT2D eigenvalue weighted by Gasteiger charge is 2.10. The fraction of sp³-hybridized carbons (Fsp3) is 0.235. The molecule has 110 valence electrons. The largest absolute Gasteiger partial charge is 0.489 e. The second kappa shape index (κ2) is 7.48. The molecule has 0 aromatic heterocycles. The van der Waals surface area contributed by atoms with E-state index in [4.69, 9.17) is 27.9 Å². The number of carbonyl (C=O) groups is 1. The van der Waals surface area contributed by atoms with Crippen molar-refractivity contribution in [1.29, 1.82) is 0 Å². The van der Waals surface area contributed by atoms with Gasteiger partial charge in [-0.3, -0.25) is 4.79 Å². The van der Waals surface area contributed by atoms with Gasteiger partial charge in [-0.25, -0.2) is 0 Å². The predicted octanol–water partition coefficient (Wildman–Crippen LogP) is 4.66. The average molecular weight is 323 g/mol. The maximum Gasteiger partial charge on any atom is 0.147 e. The maximum absolute atomic E-state index is 11.1. The van der Waals surface area contributed by atoms with Crippen LogP contribution < -0.4 is 4.74 Å². The van der Waals surface area contributed by atoms with Crippen LogP contribution in [-0.2, 0) is 17.8 Å². The Kier molecular flexibility index (Phi) is 5.66. The molecule has 0 heterocycles. The lowest BCUT2D eigenvalue weighted by molar-refractivity contribution is -0.116. The summed E-state index contributed by atoms with van der Waals surface area (Å²) in [5, 5.41) is 0.229. The highest BCUT2D eigenvalue weighted by molar-refractivity contribution is 6.31. The van der Waals surface area contributed by atoms with E-state index in [1.165, 1.54) is 6.92 Å². The summed E-state index contributed by atoms with van der Waals surface area (Å²) in [6, 6.07) is 15.2. The van der Waals surface area contributed by atoms with Crippen LogP contribution in [0.25, 0.3) is 0 Å². The second-order valence-corrected chi connectivity index (χ2v) is 5.81. The van der Waals surface area contributed by atoms with Crippen LogP contribution in [0.3, 0.4) is 0 Å². The molecule has 4 heteroatoms. The first kappa shape index (κ1) is 15.9. The Morgan fingerprint density at radius 2 is 1.86 bits per heavy atom. The second-order valence-electron chi connectivity index (χ2n) is 4.84. The van der Waals surface area contributed by atoms with E-state index in [-0.39, 0.29) is 5.78 Å². The van der Waals surface area contributed by atoms with Crippen molar-refractivity contribution in [2.75, 3.05) is 0 Å². The van der Waals surface area contributed by atoms with Gasteiger partial charge in [0.15, 0.2) is 0 Å². The number of carbonyl (C=O) groups excluding carboxylic acids is 1. The molecule has 0 aliphatic rings. The molecule has 0 saturated heterocycles. The third kappa shape index (κ3) is 5.07. The average Bonchev–Trinajstić information content (AvgIpc) is 2.46. The van der Waals surface area contributed by atoms with Gasteiger partial charge in [0, 0.05) is 5.02 Å². The third-order valence-corrected chi connectivity index (χ3v) is 3.77. The van der Waals surface area contributed by atoms with Gasteiger partial charge in [-0.05, 0) is 48.7 Å². The molecule has 1 atom stereocenters. The summed E-state index contributed by atoms with van der Waals surface area (Å²) < 4.78 is 5.70. The fourth-order valence-electron chi connectivity index (χ4n) is 1.87. The zero-order valence-electron chi connectivity index (χ0n) is 11.7. The quantitative estimate of drug-likeness (QED) is 0.723. The first-order valence-electron chi connectivity index (χ1n) is 6.65. The van der Waals surface area contributed by atoms with E-state index in [0.717, 1.165) is 16.9 Å². The van der Waals surface area contributed by atoms with Crippen molar-refractivity contribution in [3.8, 4) is 5.75 Å². The first-order valence-corrected chi connectivity index (χ1v) is 7.47. The summed E-state index contributed by atoms with van der Waals surface area (Å²) in [4.78, 5) is 11.1. The molecule has 0 saturated carbocycles. The number of ketones is 1. The van der Waals surface area contributed by atoms with Gasteiger partial charge < -0.3 is 4.74 Å². The van der Waals surface area contributed by atoms with E-state index >= 15 is 0 Å². The Labute approximate surface area is 134 Å². The van der Waals surface area contributed by atoms with Crippen LogP contribution in [0.15, 0.2) is 48.5 Å². The molecule has 2 aromatic rings. The molecule has 1 unspecified atom stereocenters. The number of halogens is 2. The number of ether oxygens (including phenoxy) is 1. The molecule has 0 N–H and O–H groups in total. The van der Waals surface area contributed by atoms with E-state index in [1.807, 2.05) is 48.5 Å². The van der Waals surface area contributed by atoms with Crippen molar-refractivity contribution >= 4 is 29.0 Å². The van der Waals surface area contributed by atoms with Crippen LogP contribution in [0.2, 0.25) is 5.02 Å². The minimum absolute atomic E-state index is 0.0158. The number of hydrogen-bond acceptors (Lipinski definition) is 2. The summed E-state index contributed by atoms with van der Waals surface area (Å²) in [5.74, 6) is 0.755.